The number of nitrogens with zero attached hydrogens (tertiary/aromatic N) is 1. The molecule has 1 aromatic carbocycles. The van der Waals surface area contributed by atoms with Crippen molar-refractivity contribution in [2.24, 2.45) is 5.92 Å². The number of likely N-dealkylation sites (tertiary alicyclic amines) is 1. The lowest BCUT2D eigenvalue weighted by Gasteiger charge is -2.35. The molecular weight excluding hydrogens is 257 g/mol. The first-order valence-corrected chi connectivity index (χ1v) is 7.22. The summed E-state index contributed by atoms with van der Waals surface area (Å²) in [4.78, 5) is 14.3. The van der Waals surface area contributed by atoms with Gasteiger partial charge in [0.1, 0.15) is 5.82 Å². The van der Waals surface area contributed by atoms with Crippen molar-refractivity contribution in [3.05, 3.63) is 35.6 Å². The van der Waals surface area contributed by atoms with E-state index < -0.39 is 12.0 Å². The second kappa shape index (κ2) is 6.35. The fourth-order valence-electron chi connectivity index (χ4n) is 2.84. The fraction of sp³-hybridized carbons (Fsp3) is 0.562. The summed E-state index contributed by atoms with van der Waals surface area (Å²) in [7, 11) is 0. The summed E-state index contributed by atoms with van der Waals surface area (Å²) in [5.74, 6) is -0.748. The summed E-state index contributed by atoms with van der Waals surface area (Å²) >= 11 is 0. The molecule has 1 heterocycles. The Kier molecular flexibility index (Phi) is 4.76. The Morgan fingerprint density at radius 2 is 2.10 bits per heavy atom. The highest BCUT2D eigenvalue weighted by atomic mass is 19.1. The number of aliphatic hydroxyl groups excluding tert-OH is 1. The van der Waals surface area contributed by atoms with E-state index in [1.54, 1.807) is 36.9 Å². The molecule has 0 spiro atoms. The monoisotopic (exact) mass is 279 g/mol. The Hall–Kier alpha value is -1.42. The van der Waals surface area contributed by atoms with E-state index in [0.29, 0.717) is 18.7 Å². The highest BCUT2D eigenvalue weighted by Gasteiger charge is 2.30. The van der Waals surface area contributed by atoms with Crippen molar-refractivity contribution in [1.82, 2.24) is 4.90 Å². The largest absolute Gasteiger partial charge is 0.393 e. The molecular formula is C16H22FNO2. The number of hydrogen-bond donors (Lipinski definition) is 1. The van der Waals surface area contributed by atoms with E-state index in [1.165, 1.54) is 6.07 Å². The first-order chi connectivity index (χ1) is 9.50. The maximum atomic E-state index is 13.8. The van der Waals surface area contributed by atoms with Crippen molar-refractivity contribution in [1.29, 1.82) is 0 Å². The minimum atomic E-state index is -0.482. The third kappa shape index (κ3) is 3.18. The normalized spacial score (nSPS) is 22.4. The van der Waals surface area contributed by atoms with Crippen LogP contribution in [0.15, 0.2) is 24.3 Å². The van der Waals surface area contributed by atoms with Crippen LogP contribution < -0.4 is 0 Å². The van der Waals surface area contributed by atoms with Crippen LogP contribution in [0.4, 0.5) is 4.39 Å². The molecule has 0 aromatic heterocycles. The lowest BCUT2D eigenvalue weighted by atomic mass is 9.91. The highest BCUT2D eigenvalue weighted by molar-refractivity contribution is 5.83. The van der Waals surface area contributed by atoms with Crippen molar-refractivity contribution in [3.8, 4) is 0 Å². The molecule has 3 nitrogen and oxygen atoms in total. The van der Waals surface area contributed by atoms with Gasteiger partial charge in [0.05, 0.1) is 12.0 Å². The predicted octanol–water partition coefficient (Wildman–Crippen LogP) is 2.55. The fourth-order valence-corrected chi connectivity index (χ4v) is 2.84. The molecule has 110 valence electrons. The van der Waals surface area contributed by atoms with Crippen LogP contribution in [0.3, 0.4) is 0 Å². The van der Waals surface area contributed by atoms with E-state index in [0.717, 1.165) is 12.8 Å². The van der Waals surface area contributed by atoms with Crippen LogP contribution in [-0.4, -0.2) is 35.1 Å². The van der Waals surface area contributed by atoms with Crippen molar-refractivity contribution >= 4 is 5.91 Å². The van der Waals surface area contributed by atoms with Gasteiger partial charge in [-0.15, -0.1) is 0 Å². The zero-order valence-electron chi connectivity index (χ0n) is 12.1. The van der Waals surface area contributed by atoms with Crippen molar-refractivity contribution in [2.45, 2.75) is 38.7 Å². The molecule has 1 fully saturated rings. The van der Waals surface area contributed by atoms with E-state index in [-0.39, 0.29) is 17.6 Å². The number of carbonyl (C=O) groups is 1. The lowest BCUT2D eigenvalue weighted by molar-refractivity contribution is -0.135. The van der Waals surface area contributed by atoms with Crippen LogP contribution in [0.5, 0.6) is 0 Å². The molecule has 1 aliphatic rings. The Morgan fingerprint density at radius 3 is 2.75 bits per heavy atom. The molecule has 3 atom stereocenters. The number of piperidine rings is 1. The van der Waals surface area contributed by atoms with Gasteiger partial charge in [-0.05, 0) is 38.3 Å². The van der Waals surface area contributed by atoms with E-state index in [2.05, 4.69) is 0 Å². The Morgan fingerprint density at radius 1 is 1.40 bits per heavy atom. The van der Waals surface area contributed by atoms with Crippen LogP contribution in [0.25, 0.3) is 0 Å². The molecule has 1 saturated heterocycles. The molecule has 0 aliphatic carbocycles. The topological polar surface area (TPSA) is 40.5 Å². The van der Waals surface area contributed by atoms with Crippen LogP contribution in [0.2, 0.25) is 0 Å². The summed E-state index contributed by atoms with van der Waals surface area (Å²) in [6.07, 6.45) is 1.43. The number of aliphatic hydroxyl groups is 1. The van der Waals surface area contributed by atoms with Gasteiger partial charge in [-0.2, -0.15) is 0 Å². The SMILES string of the molecule is CC(C(=O)N1CCCC(C(C)O)C1)c1ccccc1F. The summed E-state index contributed by atoms with van der Waals surface area (Å²) < 4.78 is 13.8. The van der Waals surface area contributed by atoms with Crippen LogP contribution in [0, 0.1) is 11.7 Å². The molecule has 1 N–H and O–H groups in total. The maximum absolute atomic E-state index is 13.8. The molecule has 0 radical (unpaired) electrons. The average Bonchev–Trinajstić information content (AvgIpc) is 2.46. The summed E-state index contributed by atoms with van der Waals surface area (Å²) in [6, 6.07) is 6.42. The molecule has 20 heavy (non-hydrogen) atoms. The average molecular weight is 279 g/mol. The maximum Gasteiger partial charge on any atom is 0.229 e. The van der Waals surface area contributed by atoms with Gasteiger partial charge in [0.2, 0.25) is 5.91 Å². The molecule has 4 heteroatoms. The quantitative estimate of drug-likeness (QED) is 0.923. The molecule has 3 unspecified atom stereocenters. The van der Waals surface area contributed by atoms with E-state index in [1.807, 2.05) is 0 Å². The number of carbonyl (C=O) groups excluding carboxylic acids is 1. The van der Waals surface area contributed by atoms with Crippen LogP contribution in [-0.2, 0) is 4.79 Å². The first-order valence-electron chi connectivity index (χ1n) is 7.22. The van der Waals surface area contributed by atoms with Crippen molar-refractivity contribution < 1.29 is 14.3 Å². The number of amides is 1. The van der Waals surface area contributed by atoms with E-state index in [9.17, 15) is 14.3 Å². The highest BCUT2D eigenvalue weighted by Crippen LogP contribution is 2.25. The van der Waals surface area contributed by atoms with Gasteiger partial charge in [-0.1, -0.05) is 18.2 Å². The molecule has 1 aliphatic heterocycles. The van der Waals surface area contributed by atoms with Gasteiger partial charge in [0.15, 0.2) is 0 Å². The third-order valence-corrected chi connectivity index (χ3v) is 4.19. The summed E-state index contributed by atoms with van der Waals surface area (Å²) in [5, 5.41) is 9.68. The van der Waals surface area contributed by atoms with Gasteiger partial charge in [-0.3, -0.25) is 4.79 Å². The number of rotatable bonds is 3. The van der Waals surface area contributed by atoms with Crippen LogP contribution in [0.1, 0.15) is 38.2 Å². The Balaban J connectivity index is 2.09. The molecule has 2 rings (SSSR count). The third-order valence-electron chi connectivity index (χ3n) is 4.19. The molecule has 1 aromatic rings. The van der Waals surface area contributed by atoms with E-state index >= 15 is 0 Å². The number of halogens is 1. The minimum Gasteiger partial charge on any atom is -0.393 e. The van der Waals surface area contributed by atoms with Crippen LogP contribution >= 0.6 is 0 Å². The minimum absolute atomic E-state index is 0.0551. The van der Waals surface area contributed by atoms with Gasteiger partial charge >= 0.3 is 0 Å². The predicted molar refractivity (Wildman–Crippen MR) is 75.8 cm³/mol. The molecule has 0 bridgehead atoms. The van der Waals surface area contributed by atoms with Gasteiger partial charge in [-0.25, -0.2) is 4.39 Å². The number of hydrogen-bond acceptors (Lipinski definition) is 2. The number of benzene rings is 1. The second-order valence-electron chi connectivity index (χ2n) is 5.67. The first kappa shape index (κ1) is 15.0. The van der Waals surface area contributed by atoms with Crippen molar-refractivity contribution in [2.75, 3.05) is 13.1 Å². The smallest absolute Gasteiger partial charge is 0.229 e. The van der Waals surface area contributed by atoms with Gasteiger partial charge in [0.25, 0.3) is 0 Å². The summed E-state index contributed by atoms with van der Waals surface area (Å²) in [6.45, 7) is 4.77. The second-order valence-corrected chi connectivity index (χ2v) is 5.67. The molecule has 0 saturated carbocycles. The zero-order chi connectivity index (χ0) is 14.7. The lowest BCUT2D eigenvalue weighted by Crippen LogP contribution is -2.44. The van der Waals surface area contributed by atoms with Crippen molar-refractivity contribution in [3.63, 3.8) is 0 Å². The zero-order valence-corrected chi connectivity index (χ0v) is 12.1. The Labute approximate surface area is 119 Å². The summed E-state index contributed by atoms with van der Waals surface area (Å²) in [5.41, 5.74) is 0.441. The Bertz CT molecular complexity index is 475. The van der Waals surface area contributed by atoms with E-state index in [4.69, 9.17) is 0 Å². The standard InChI is InChI=1S/C16H22FNO2/c1-11(14-7-3-4-8-15(14)17)16(20)18-9-5-6-13(10-18)12(2)19/h3-4,7-8,11-13,19H,5-6,9-10H2,1-2H3. The molecule has 1 amide bonds. The van der Waals surface area contributed by atoms with Gasteiger partial charge < -0.3 is 10.0 Å². The van der Waals surface area contributed by atoms with Gasteiger partial charge in [0, 0.05) is 19.0 Å².